The van der Waals surface area contributed by atoms with Crippen molar-refractivity contribution >= 4 is 17.6 Å². The fraction of sp³-hybridized carbons (Fsp3) is 0.571. The van der Waals surface area contributed by atoms with Gasteiger partial charge in [0.2, 0.25) is 5.82 Å². The fourth-order valence-electron chi connectivity index (χ4n) is 5.92. The van der Waals surface area contributed by atoms with Gasteiger partial charge in [-0.15, -0.1) is 11.6 Å². The smallest absolute Gasteiger partial charge is 0.312 e. The quantitative estimate of drug-likeness (QED) is 0.564. The first-order valence-corrected chi connectivity index (χ1v) is 10.1. The Balaban J connectivity index is 1.29. The molecule has 2 aromatic rings. The molecular formula is C21H23ClN2O3. The minimum atomic E-state index is -0.412. The van der Waals surface area contributed by atoms with Crippen molar-refractivity contribution in [3.05, 3.63) is 35.7 Å². The highest BCUT2D eigenvalue weighted by molar-refractivity contribution is 6.24. The molecule has 0 N–H and O–H groups in total. The number of halogens is 1. The summed E-state index contributed by atoms with van der Waals surface area (Å²) in [5.41, 5.74) is 1.58. The first-order valence-electron chi connectivity index (χ1n) is 9.70. The van der Waals surface area contributed by atoms with Gasteiger partial charge in [-0.2, -0.15) is 4.98 Å². The van der Waals surface area contributed by atoms with E-state index in [1.54, 1.807) is 0 Å². The number of hydrogen-bond donors (Lipinski definition) is 0. The van der Waals surface area contributed by atoms with Gasteiger partial charge in [0, 0.05) is 10.4 Å². The van der Waals surface area contributed by atoms with Crippen molar-refractivity contribution in [2.75, 3.05) is 0 Å². The van der Waals surface area contributed by atoms with E-state index in [0.29, 0.717) is 23.6 Å². The zero-order chi connectivity index (χ0) is 18.6. The molecule has 1 aromatic carbocycles. The minimum absolute atomic E-state index is 0.0179. The van der Waals surface area contributed by atoms with E-state index in [0.717, 1.165) is 43.2 Å². The van der Waals surface area contributed by atoms with Gasteiger partial charge in [-0.05, 0) is 62.8 Å². The van der Waals surface area contributed by atoms with Crippen LogP contribution in [0.2, 0.25) is 0 Å². The van der Waals surface area contributed by atoms with Crippen LogP contribution in [-0.2, 0) is 16.1 Å². The Hall–Kier alpha value is -1.88. The first kappa shape index (κ1) is 17.2. The normalized spacial score (nSPS) is 34.0. The van der Waals surface area contributed by atoms with Gasteiger partial charge >= 0.3 is 5.97 Å². The van der Waals surface area contributed by atoms with E-state index in [4.69, 9.17) is 20.9 Å². The van der Waals surface area contributed by atoms with Gasteiger partial charge in [0.1, 0.15) is 0 Å². The van der Waals surface area contributed by atoms with Crippen LogP contribution in [0.25, 0.3) is 11.4 Å². The predicted molar refractivity (Wildman–Crippen MR) is 100.0 cm³/mol. The monoisotopic (exact) mass is 386 g/mol. The number of aryl methyl sites for hydroxylation is 1. The van der Waals surface area contributed by atoms with Crippen LogP contribution < -0.4 is 0 Å². The number of benzene rings is 1. The molecule has 2 unspecified atom stereocenters. The van der Waals surface area contributed by atoms with Gasteiger partial charge in [-0.3, -0.25) is 4.79 Å². The van der Waals surface area contributed by atoms with E-state index < -0.39 is 5.41 Å². The molecule has 6 heteroatoms. The number of alkyl halides is 1. The van der Waals surface area contributed by atoms with Crippen LogP contribution in [0.3, 0.4) is 0 Å². The first-order chi connectivity index (χ1) is 12.9. The highest BCUT2D eigenvalue weighted by Gasteiger charge is 2.60. The molecule has 0 spiro atoms. The van der Waals surface area contributed by atoms with Gasteiger partial charge in [0.25, 0.3) is 5.89 Å². The van der Waals surface area contributed by atoms with E-state index in [9.17, 15) is 4.79 Å². The summed E-state index contributed by atoms with van der Waals surface area (Å²) in [5.74, 6) is 1.83. The number of nitrogens with zero attached hydrogens (tertiary/aromatic N) is 2. The second-order valence-corrected chi connectivity index (χ2v) is 9.60. The van der Waals surface area contributed by atoms with E-state index in [2.05, 4.69) is 10.1 Å². The Morgan fingerprint density at radius 2 is 2.00 bits per heavy atom. The van der Waals surface area contributed by atoms with Crippen LogP contribution in [0.1, 0.15) is 50.0 Å². The van der Waals surface area contributed by atoms with E-state index in [1.165, 1.54) is 6.42 Å². The van der Waals surface area contributed by atoms with Gasteiger partial charge in [-0.25, -0.2) is 0 Å². The Morgan fingerprint density at radius 1 is 1.26 bits per heavy atom. The maximum atomic E-state index is 13.0. The lowest BCUT2D eigenvalue weighted by Crippen LogP contribution is -2.56. The summed E-state index contributed by atoms with van der Waals surface area (Å²) >= 11 is 6.82. The third kappa shape index (κ3) is 2.96. The fourth-order valence-corrected chi connectivity index (χ4v) is 6.61. The average Bonchev–Trinajstić information content (AvgIpc) is 3.06. The summed E-state index contributed by atoms with van der Waals surface area (Å²) in [6.45, 7) is 2.02. The summed E-state index contributed by atoms with van der Waals surface area (Å²) in [7, 11) is 0. The molecular weight excluding hydrogens is 364 g/mol. The molecule has 4 aliphatic carbocycles. The molecule has 4 atom stereocenters. The topological polar surface area (TPSA) is 65.2 Å². The second-order valence-electron chi connectivity index (χ2n) is 8.80. The SMILES string of the molecule is Cc1ccccc1-c1noc(COC(=O)C23C[C@@H]4C[C@@H](CC(Cl)(C4)C2)C3)n1. The van der Waals surface area contributed by atoms with Crippen molar-refractivity contribution in [1.82, 2.24) is 10.1 Å². The zero-order valence-corrected chi connectivity index (χ0v) is 16.2. The molecule has 4 fully saturated rings. The van der Waals surface area contributed by atoms with Crippen molar-refractivity contribution in [1.29, 1.82) is 0 Å². The van der Waals surface area contributed by atoms with Crippen molar-refractivity contribution in [3.63, 3.8) is 0 Å². The molecule has 0 saturated heterocycles. The van der Waals surface area contributed by atoms with Crippen LogP contribution in [0.15, 0.2) is 28.8 Å². The lowest BCUT2D eigenvalue weighted by atomic mass is 9.49. The average molecular weight is 387 g/mol. The molecule has 5 nitrogen and oxygen atoms in total. The summed E-state index contributed by atoms with van der Waals surface area (Å²) in [4.78, 5) is 17.2. The maximum absolute atomic E-state index is 13.0. The van der Waals surface area contributed by atoms with Crippen molar-refractivity contribution in [3.8, 4) is 11.4 Å². The number of carbonyl (C=O) groups excluding carboxylic acids is 1. The molecule has 142 valence electrons. The number of ether oxygens (including phenoxy) is 1. The molecule has 0 amide bonds. The summed E-state index contributed by atoms with van der Waals surface area (Å²) in [5, 5.41) is 4.03. The van der Waals surface area contributed by atoms with Crippen LogP contribution in [-0.4, -0.2) is 21.0 Å². The molecule has 1 heterocycles. The summed E-state index contributed by atoms with van der Waals surface area (Å²) in [6.07, 6.45) is 5.87. The number of aromatic nitrogens is 2. The summed E-state index contributed by atoms with van der Waals surface area (Å²) < 4.78 is 10.9. The Labute approximate surface area is 163 Å². The predicted octanol–water partition coefficient (Wildman–Crippen LogP) is 4.67. The van der Waals surface area contributed by atoms with Crippen LogP contribution in [0.5, 0.6) is 0 Å². The third-order valence-corrected chi connectivity index (χ3v) is 7.05. The van der Waals surface area contributed by atoms with Crippen LogP contribution in [0.4, 0.5) is 0 Å². The number of rotatable bonds is 4. The second kappa shape index (κ2) is 6.06. The largest absolute Gasteiger partial charge is 0.455 e. The molecule has 27 heavy (non-hydrogen) atoms. The molecule has 0 radical (unpaired) electrons. The molecule has 6 rings (SSSR count). The molecule has 4 saturated carbocycles. The van der Waals surface area contributed by atoms with Gasteiger partial charge < -0.3 is 9.26 Å². The molecule has 0 aliphatic heterocycles. The van der Waals surface area contributed by atoms with Gasteiger partial charge in [-0.1, -0.05) is 29.4 Å². The number of carbonyl (C=O) groups is 1. The molecule has 4 aliphatic rings. The third-order valence-electron chi connectivity index (χ3n) is 6.60. The standard InChI is InChI=1S/C21H23ClN2O3/c1-13-4-2-3-5-16(13)18-23-17(27-24-18)11-26-19(25)20-7-14-6-15(8-20)10-21(22,9-14)12-20/h2-5,14-15H,6-12H2,1H3/t14-,15+,20?,21?. The molecule has 4 bridgehead atoms. The lowest BCUT2D eigenvalue weighted by molar-refractivity contribution is -0.172. The number of hydrogen-bond acceptors (Lipinski definition) is 5. The van der Waals surface area contributed by atoms with E-state index >= 15 is 0 Å². The van der Waals surface area contributed by atoms with Crippen molar-refractivity contribution < 1.29 is 14.1 Å². The highest BCUT2D eigenvalue weighted by atomic mass is 35.5. The van der Waals surface area contributed by atoms with Gasteiger partial charge in [0.05, 0.1) is 5.41 Å². The Morgan fingerprint density at radius 3 is 2.70 bits per heavy atom. The van der Waals surface area contributed by atoms with E-state index in [-0.39, 0.29) is 17.5 Å². The summed E-state index contributed by atoms with van der Waals surface area (Å²) in [6, 6.07) is 7.86. The maximum Gasteiger partial charge on any atom is 0.312 e. The van der Waals surface area contributed by atoms with Crippen LogP contribution in [0, 0.1) is 24.2 Å². The lowest BCUT2D eigenvalue weighted by Gasteiger charge is -2.58. The van der Waals surface area contributed by atoms with Gasteiger partial charge in [0.15, 0.2) is 6.61 Å². The Kier molecular flexibility index (Phi) is 3.87. The van der Waals surface area contributed by atoms with Crippen LogP contribution >= 0.6 is 11.6 Å². The van der Waals surface area contributed by atoms with Crippen molar-refractivity contribution in [2.24, 2.45) is 17.3 Å². The highest BCUT2D eigenvalue weighted by Crippen LogP contribution is 2.64. The number of esters is 1. The zero-order valence-electron chi connectivity index (χ0n) is 15.4. The Bertz CT molecular complexity index is 879. The van der Waals surface area contributed by atoms with Crippen molar-refractivity contribution in [2.45, 2.75) is 56.9 Å². The van der Waals surface area contributed by atoms with E-state index in [1.807, 2.05) is 31.2 Å². The minimum Gasteiger partial charge on any atom is -0.455 e. The molecule has 1 aromatic heterocycles.